The summed E-state index contributed by atoms with van der Waals surface area (Å²) in [6.45, 7) is 9.97. The van der Waals surface area contributed by atoms with Crippen LogP contribution in [-0.4, -0.2) is 39.5 Å². The predicted molar refractivity (Wildman–Crippen MR) is 73.7 cm³/mol. The van der Waals surface area contributed by atoms with Crippen LogP contribution in [0.2, 0.25) is 0 Å². The Hall–Kier alpha value is -1.78. The van der Waals surface area contributed by atoms with E-state index in [-0.39, 0.29) is 17.6 Å². The first-order valence-electron chi connectivity index (χ1n) is 6.58. The maximum Gasteiger partial charge on any atom is 0.352 e. The third-order valence-electron chi connectivity index (χ3n) is 3.59. The van der Waals surface area contributed by atoms with Crippen molar-refractivity contribution in [3.63, 3.8) is 0 Å². The summed E-state index contributed by atoms with van der Waals surface area (Å²) in [6.07, 6.45) is 0.869. The summed E-state index contributed by atoms with van der Waals surface area (Å²) in [5, 5.41) is 9.08. The first-order valence-corrected chi connectivity index (χ1v) is 6.58. The molecule has 0 aliphatic heterocycles. The number of aromatic carboxylic acids is 1. The van der Waals surface area contributed by atoms with E-state index in [2.05, 4.69) is 4.98 Å². The molecule has 1 atom stereocenters. The Kier molecular flexibility index (Phi) is 4.75. The largest absolute Gasteiger partial charge is 0.477 e. The number of carbonyl (C=O) groups excluding carboxylic acids is 1. The topological polar surface area (TPSA) is 73.4 Å². The molecule has 1 rings (SSSR count). The van der Waals surface area contributed by atoms with E-state index >= 15 is 0 Å². The molecule has 0 radical (unpaired) electrons. The lowest BCUT2D eigenvalue weighted by molar-refractivity contribution is 0.0689. The zero-order valence-corrected chi connectivity index (χ0v) is 12.2. The molecule has 1 heterocycles. The fraction of sp³-hybridized carbons (Fsp3) is 0.571. The van der Waals surface area contributed by atoms with Crippen molar-refractivity contribution in [1.29, 1.82) is 0 Å². The molecule has 1 unspecified atom stereocenters. The normalized spacial score (nSPS) is 12.3. The van der Waals surface area contributed by atoms with Crippen LogP contribution in [0.1, 0.15) is 59.3 Å². The molecule has 0 saturated carbocycles. The molecule has 106 valence electrons. The highest BCUT2D eigenvalue weighted by Gasteiger charge is 2.26. The van der Waals surface area contributed by atoms with Crippen LogP contribution < -0.4 is 0 Å². The number of aromatic nitrogens is 1. The second-order valence-electron chi connectivity index (χ2n) is 4.78. The van der Waals surface area contributed by atoms with Crippen LogP contribution in [-0.2, 0) is 0 Å². The molecule has 0 spiro atoms. The van der Waals surface area contributed by atoms with Crippen molar-refractivity contribution in [3.05, 3.63) is 22.5 Å². The monoisotopic (exact) mass is 266 g/mol. The Morgan fingerprint density at radius 1 is 1.32 bits per heavy atom. The van der Waals surface area contributed by atoms with Gasteiger partial charge in [-0.15, -0.1) is 0 Å². The van der Waals surface area contributed by atoms with Gasteiger partial charge in [-0.1, -0.05) is 6.92 Å². The van der Waals surface area contributed by atoms with Gasteiger partial charge in [-0.05, 0) is 39.7 Å². The smallest absolute Gasteiger partial charge is 0.352 e. The van der Waals surface area contributed by atoms with Crippen molar-refractivity contribution in [2.75, 3.05) is 6.54 Å². The lowest BCUT2D eigenvalue weighted by Gasteiger charge is -2.27. The minimum atomic E-state index is -1.04. The first kappa shape index (κ1) is 15.3. The van der Waals surface area contributed by atoms with Crippen molar-refractivity contribution in [2.45, 2.75) is 47.1 Å². The Morgan fingerprint density at radius 2 is 1.89 bits per heavy atom. The van der Waals surface area contributed by atoms with Crippen LogP contribution in [0.4, 0.5) is 0 Å². The highest BCUT2D eigenvalue weighted by atomic mass is 16.4. The number of carbonyl (C=O) groups is 2. The highest BCUT2D eigenvalue weighted by molar-refractivity contribution is 6.00. The van der Waals surface area contributed by atoms with Gasteiger partial charge in [-0.2, -0.15) is 0 Å². The van der Waals surface area contributed by atoms with E-state index in [0.29, 0.717) is 23.4 Å². The van der Waals surface area contributed by atoms with E-state index in [4.69, 9.17) is 5.11 Å². The third kappa shape index (κ3) is 2.80. The Balaban J connectivity index is 3.22. The second-order valence-corrected chi connectivity index (χ2v) is 4.78. The van der Waals surface area contributed by atoms with Crippen molar-refractivity contribution in [2.24, 2.45) is 0 Å². The van der Waals surface area contributed by atoms with E-state index in [1.165, 1.54) is 0 Å². The van der Waals surface area contributed by atoms with Crippen molar-refractivity contribution in [3.8, 4) is 0 Å². The number of rotatable bonds is 5. The number of H-pyrrole nitrogens is 1. The molecule has 0 fully saturated rings. The van der Waals surface area contributed by atoms with E-state index in [0.717, 1.165) is 6.42 Å². The maximum atomic E-state index is 12.6. The Bertz CT molecular complexity index is 491. The number of carboxylic acids is 1. The summed E-state index contributed by atoms with van der Waals surface area (Å²) in [6, 6.07) is 0.138. The molecule has 0 saturated heterocycles. The summed E-state index contributed by atoms with van der Waals surface area (Å²) >= 11 is 0. The van der Waals surface area contributed by atoms with E-state index < -0.39 is 5.97 Å². The quantitative estimate of drug-likeness (QED) is 0.860. The van der Waals surface area contributed by atoms with Crippen molar-refractivity contribution in [1.82, 2.24) is 9.88 Å². The van der Waals surface area contributed by atoms with Gasteiger partial charge in [0.25, 0.3) is 5.91 Å². The molecule has 0 aromatic carbocycles. The van der Waals surface area contributed by atoms with Gasteiger partial charge in [0.05, 0.1) is 5.56 Å². The summed E-state index contributed by atoms with van der Waals surface area (Å²) in [5.74, 6) is -1.14. The van der Waals surface area contributed by atoms with Crippen LogP contribution >= 0.6 is 0 Å². The van der Waals surface area contributed by atoms with E-state index in [9.17, 15) is 9.59 Å². The van der Waals surface area contributed by atoms with E-state index in [1.807, 2.05) is 20.8 Å². The molecule has 0 aliphatic carbocycles. The summed E-state index contributed by atoms with van der Waals surface area (Å²) in [7, 11) is 0. The molecule has 0 bridgehead atoms. The minimum absolute atomic E-state index is 0.0982. The predicted octanol–water partition coefficient (Wildman–Crippen LogP) is 2.59. The van der Waals surface area contributed by atoms with Crippen LogP contribution in [0, 0.1) is 13.8 Å². The molecule has 2 N–H and O–H groups in total. The number of carboxylic acid groups (broad SMARTS) is 1. The number of aryl methyl sites for hydroxylation is 1. The molecular weight excluding hydrogens is 244 g/mol. The van der Waals surface area contributed by atoms with Crippen LogP contribution in [0.25, 0.3) is 0 Å². The zero-order valence-electron chi connectivity index (χ0n) is 12.2. The average Bonchev–Trinajstić information content (AvgIpc) is 2.65. The van der Waals surface area contributed by atoms with Gasteiger partial charge in [0.2, 0.25) is 0 Å². The van der Waals surface area contributed by atoms with Crippen LogP contribution in [0.3, 0.4) is 0 Å². The number of nitrogens with one attached hydrogen (secondary N) is 1. The van der Waals surface area contributed by atoms with E-state index in [1.54, 1.807) is 18.7 Å². The van der Waals surface area contributed by atoms with Gasteiger partial charge in [0, 0.05) is 18.3 Å². The van der Waals surface area contributed by atoms with Gasteiger partial charge < -0.3 is 15.0 Å². The summed E-state index contributed by atoms with van der Waals surface area (Å²) in [4.78, 5) is 28.2. The zero-order chi connectivity index (χ0) is 14.7. The lowest BCUT2D eigenvalue weighted by Crippen LogP contribution is -2.38. The van der Waals surface area contributed by atoms with Crippen molar-refractivity contribution < 1.29 is 14.7 Å². The lowest BCUT2D eigenvalue weighted by atomic mass is 10.1. The molecular formula is C14H22N2O3. The number of hydrogen-bond acceptors (Lipinski definition) is 2. The van der Waals surface area contributed by atoms with Crippen LogP contribution in [0.15, 0.2) is 0 Å². The first-order chi connectivity index (χ1) is 8.84. The van der Waals surface area contributed by atoms with Gasteiger partial charge in [0.1, 0.15) is 5.69 Å². The van der Waals surface area contributed by atoms with Gasteiger partial charge >= 0.3 is 5.97 Å². The molecule has 1 aromatic heterocycles. The third-order valence-corrected chi connectivity index (χ3v) is 3.59. The SMILES string of the molecule is CCC(C)N(CC)C(=O)c1c(C)[nH]c(C(=O)O)c1C. The molecule has 5 nitrogen and oxygen atoms in total. The highest BCUT2D eigenvalue weighted by Crippen LogP contribution is 2.21. The number of aromatic amines is 1. The molecule has 5 heteroatoms. The van der Waals surface area contributed by atoms with Crippen molar-refractivity contribution >= 4 is 11.9 Å². The molecule has 0 aliphatic rings. The van der Waals surface area contributed by atoms with Gasteiger partial charge in [-0.3, -0.25) is 4.79 Å². The summed E-state index contributed by atoms with van der Waals surface area (Å²) < 4.78 is 0. The fourth-order valence-electron chi connectivity index (χ4n) is 2.30. The molecule has 1 amide bonds. The standard InChI is InChI=1S/C14H22N2O3/c1-6-8(3)16(7-2)13(17)11-9(4)12(14(18)19)15-10(11)5/h8,15H,6-7H2,1-5H3,(H,18,19). The number of hydrogen-bond donors (Lipinski definition) is 2. The second kappa shape index (κ2) is 5.91. The Labute approximate surface area is 113 Å². The molecule has 19 heavy (non-hydrogen) atoms. The number of nitrogens with zero attached hydrogens (tertiary/aromatic N) is 1. The Morgan fingerprint density at radius 3 is 2.26 bits per heavy atom. The average molecular weight is 266 g/mol. The number of amides is 1. The van der Waals surface area contributed by atoms with Gasteiger partial charge in [-0.25, -0.2) is 4.79 Å². The minimum Gasteiger partial charge on any atom is -0.477 e. The summed E-state index contributed by atoms with van der Waals surface area (Å²) in [5.41, 5.74) is 1.71. The van der Waals surface area contributed by atoms with Gasteiger partial charge in [0.15, 0.2) is 0 Å². The fourth-order valence-corrected chi connectivity index (χ4v) is 2.30. The molecule has 1 aromatic rings. The van der Waals surface area contributed by atoms with Crippen LogP contribution in [0.5, 0.6) is 0 Å². The maximum absolute atomic E-state index is 12.6.